The molecule has 1 aliphatic heterocycles. The molecule has 0 aliphatic carbocycles. The van der Waals surface area contributed by atoms with Gasteiger partial charge in [-0.25, -0.2) is 0 Å². The molecule has 1 fully saturated rings. The third-order valence-corrected chi connectivity index (χ3v) is 3.69. The fourth-order valence-corrected chi connectivity index (χ4v) is 2.47. The maximum atomic E-state index is 11.5. The normalized spacial score (nSPS) is 16.3. The molecule has 2 rings (SSSR count). The van der Waals surface area contributed by atoms with Crippen LogP contribution in [0.2, 0.25) is 0 Å². The van der Waals surface area contributed by atoms with Gasteiger partial charge in [-0.15, -0.1) is 0 Å². The van der Waals surface area contributed by atoms with E-state index < -0.39 is 0 Å². The van der Waals surface area contributed by atoms with E-state index in [-0.39, 0.29) is 12.5 Å². The number of aryl methyl sites for hydroxylation is 1. The number of hydrogen-bond acceptors (Lipinski definition) is 3. The van der Waals surface area contributed by atoms with E-state index in [0.717, 1.165) is 32.5 Å². The highest BCUT2D eigenvalue weighted by Crippen LogP contribution is 2.17. The van der Waals surface area contributed by atoms with Gasteiger partial charge in [0.15, 0.2) is 0 Å². The lowest BCUT2D eigenvalue weighted by atomic mass is 10.1. The molecule has 1 aromatic rings. The number of amides is 1. The van der Waals surface area contributed by atoms with Gasteiger partial charge in [-0.3, -0.25) is 4.79 Å². The Bertz CT molecular complexity index is 417. The first kappa shape index (κ1) is 13.9. The average molecular weight is 262 g/mol. The second-order valence-corrected chi connectivity index (χ2v) is 4.90. The number of carbonyl (C=O) groups excluding carboxylic acids is 1. The number of carbonyl (C=O) groups is 1. The molecule has 0 radical (unpaired) electrons. The lowest BCUT2D eigenvalue weighted by Crippen LogP contribution is -2.36. The van der Waals surface area contributed by atoms with Crippen LogP contribution in [0.4, 0.5) is 5.69 Å². The molecule has 4 heteroatoms. The number of rotatable bonds is 3. The van der Waals surface area contributed by atoms with Gasteiger partial charge in [0.1, 0.15) is 6.61 Å². The Morgan fingerprint density at radius 3 is 2.53 bits per heavy atom. The van der Waals surface area contributed by atoms with Crippen molar-refractivity contribution in [2.24, 2.45) is 0 Å². The molecule has 1 aromatic carbocycles. The number of hydrogen-bond donors (Lipinski definition) is 1. The summed E-state index contributed by atoms with van der Waals surface area (Å²) in [5.74, 6) is -0.164. The Kier molecular flexibility index (Phi) is 4.80. The van der Waals surface area contributed by atoms with Crippen molar-refractivity contribution in [2.45, 2.75) is 19.8 Å². The van der Waals surface area contributed by atoms with Crippen LogP contribution in [0.3, 0.4) is 0 Å². The van der Waals surface area contributed by atoms with Gasteiger partial charge >= 0.3 is 0 Å². The number of benzene rings is 1. The molecule has 0 unspecified atom stereocenters. The number of anilines is 1. The SMILES string of the molecule is CCc1ccc(N2CCCN(C(=O)CO)CC2)cc1. The number of aliphatic hydroxyl groups is 1. The van der Waals surface area contributed by atoms with Gasteiger partial charge in [-0.05, 0) is 30.5 Å². The molecular weight excluding hydrogens is 240 g/mol. The second-order valence-electron chi connectivity index (χ2n) is 4.90. The van der Waals surface area contributed by atoms with Crippen LogP contribution in [0, 0.1) is 0 Å². The van der Waals surface area contributed by atoms with Gasteiger partial charge < -0.3 is 14.9 Å². The van der Waals surface area contributed by atoms with Crippen LogP contribution in [0.15, 0.2) is 24.3 Å². The summed E-state index contributed by atoms with van der Waals surface area (Å²) in [6.07, 6.45) is 2.00. The lowest BCUT2D eigenvalue weighted by Gasteiger charge is -2.23. The maximum absolute atomic E-state index is 11.5. The first-order valence-corrected chi connectivity index (χ1v) is 6.97. The highest BCUT2D eigenvalue weighted by molar-refractivity contribution is 5.77. The molecule has 104 valence electrons. The standard InChI is InChI=1S/C15H22N2O2/c1-2-13-4-6-14(7-5-13)16-8-3-9-17(11-10-16)15(19)12-18/h4-7,18H,2-3,8-12H2,1H3. The van der Waals surface area contributed by atoms with Crippen LogP contribution in [0.1, 0.15) is 18.9 Å². The molecule has 0 saturated carbocycles. The van der Waals surface area contributed by atoms with Crippen molar-refractivity contribution in [1.29, 1.82) is 0 Å². The smallest absolute Gasteiger partial charge is 0.248 e. The lowest BCUT2D eigenvalue weighted by molar-refractivity contribution is -0.133. The minimum absolute atomic E-state index is 0.164. The second kappa shape index (κ2) is 6.57. The predicted molar refractivity (Wildman–Crippen MR) is 76.3 cm³/mol. The van der Waals surface area contributed by atoms with Crippen molar-refractivity contribution in [3.05, 3.63) is 29.8 Å². The van der Waals surface area contributed by atoms with E-state index >= 15 is 0 Å². The molecule has 4 nitrogen and oxygen atoms in total. The van der Waals surface area contributed by atoms with Gasteiger partial charge in [0.2, 0.25) is 5.91 Å². The van der Waals surface area contributed by atoms with Crippen molar-refractivity contribution >= 4 is 11.6 Å². The third-order valence-electron chi connectivity index (χ3n) is 3.69. The number of nitrogens with zero attached hydrogens (tertiary/aromatic N) is 2. The van der Waals surface area contributed by atoms with E-state index in [1.807, 2.05) is 0 Å². The van der Waals surface area contributed by atoms with Gasteiger partial charge in [0.05, 0.1) is 0 Å². The minimum atomic E-state index is -0.384. The summed E-state index contributed by atoms with van der Waals surface area (Å²) < 4.78 is 0. The van der Waals surface area contributed by atoms with Crippen molar-refractivity contribution in [1.82, 2.24) is 4.90 Å². The molecule has 1 saturated heterocycles. The summed E-state index contributed by atoms with van der Waals surface area (Å²) in [6.45, 7) is 4.99. The summed E-state index contributed by atoms with van der Waals surface area (Å²) in [6, 6.07) is 8.64. The Morgan fingerprint density at radius 1 is 1.16 bits per heavy atom. The molecule has 0 spiro atoms. The highest BCUT2D eigenvalue weighted by atomic mass is 16.3. The molecule has 1 N–H and O–H groups in total. The van der Waals surface area contributed by atoms with Crippen LogP contribution >= 0.6 is 0 Å². The first-order valence-electron chi connectivity index (χ1n) is 6.97. The zero-order chi connectivity index (χ0) is 13.7. The van der Waals surface area contributed by atoms with Crippen molar-refractivity contribution in [3.8, 4) is 0 Å². The molecule has 19 heavy (non-hydrogen) atoms. The van der Waals surface area contributed by atoms with Gasteiger partial charge in [0, 0.05) is 31.9 Å². The minimum Gasteiger partial charge on any atom is -0.387 e. The quantitative estimate of drug-likeness (QED) is 0.892. The summed E-state index contributed by atoms with van der Waals surface area (Å²) in [7, 11) is 0. The summed E-state index contributed by atoms with van der Waals surface area (Å²) >= 11 is 0. The van der Waals surface area contributed by atoms with Gasteiger partial charge in [-0.2, -0.15) is 0 Å². The van der Waals surface area contributed by atoms with Crippen LogP contribution in [0.5, 0.6) is 0 Å². The van der Waals surface area contributed by atoms with E-state index in [9.17, 15) is 4.79 Å². The maximum Gasteiger partial charge on any atom is 0.248 e. The highest BCUT2D eigenvalue weighted by Gasteiger charge is 2.18. The Labute approximate surface area is 114 Å². The van der Waals surface area contributed by atoms with E-state index in [0.29, 0.717) is 6.54 Å². The van der Waals surface area contributed by atoms with Crippen molar-refractivity contribution in [2.75, 3.05) is 37.7 Å². The topological polar surface area (TPSA) is 43.8 Å². The van der Waals surface area contributed by atoms with Crippen molar-refractivity contribution < 1.29 is 9.90 Å². The molecular formula is C15H22N2O2. The largest absolute Gasteiger partial charge is 0.387 e. The van der Waals surface area contributed by atoms with E-state index in [1.54, 1.807) is 4.90 Å². The van der Waals surface area contributed by atoms with E-state index in [2.05, 4.69) is 36.1 Å². The average Bonchev–Trinajstić information content (AvgIpc) is 2.72. The van der Waals surface area contributed by atoms with Crippen LogP contribution in [-0.4, -0.2) is 48.7 Å². The Hall–Kier alpha value is -1.55. The van der Waals surface area contributed by atoms with Crippen LogP contribution < -0.4 is 4.90 Å². The van der Waals surface area contributed by atoms with Gasteiger partial charge in [0.25, 0.3) is 0 Å². The van der Waals surface area contributed by atoms with Gasteiger partial charge in [-0.1, -0.05) is 19.1 Å². The molecule has 0 aromatic heterocycles. The summed E-state index contributed by atoms with van der Waals surface area (Å²) in [4.78, 5) is 15.6. The van der Waals surface area contributed by atoms with Crippen molar-refractivity contribution in [3.63, 3.8) is 0 Å². The molecule has 1 aliphatic rings. The fraction of sp³-hybridized carbons (Fsp3) is 0.533. The monoisotopic (exact) mass is 262 g/mol. The Morgan fingerprint density at radius 2 is 1.89 bits per heavy atom. The van der Waals surface area contributed by atoms with Crippen LogP contribution in [-0.2, 0) is 11.2 Å². The predicted octanol–water partition coefficient (Wildman–Crippen LogP) is 1.28. The number of aliphatic hydroxyl groups excluding tert-OH is 1. The zero-order valence-electron chi connectivity index (χ0n) is 11.5. The molecule has 0 atom stereocenters. The van der Waals surface area contributed by atoms with E-state index in [1.165, 1.54) is 11.3 Å². The molecule has 1 heterocycles. The molecule has 1 amide bonds. The van der Waals surface area contributed by atoms with E-state index in [4.69, 9.17) is 5.11 Å². The summed E-state index contributed by atoms with van der Waals surface area (Å²) in [5.41, 5.74) is 2.56. The Balaban J connectivity index is 2.00. The zero-order valence-corrected chi connectivity index (χ0v) is 11.5. The van der Waals surface area contributed by atoms with Crippen LogP contribution in [0.25, 0.3) is 0 Å². The summed E-state index contributed by atoms with van der Waals surface area (Å²) in [5, 5.41) is 8.91. The third kappa shape index (κ3) is 3.47. The molecule has 0 bridgehead atoms. The first-order chi connectivity index (χ1) is 9.24. The fourth-order valence-electron chi connectivity index (χ4n) is 2.47.